The van der Waals surface area contributed by atoms with Gasteiger partial charge >= 0.3 is 11.9 Å². The minimum absolute atomic E-state index is 0.0418. The third kappa shape index (κ3) is 8.25. The highest BCUT2D eigenvalue weighted by atomic mass is 16.8. The first-order valence-electron chi connectivity index (χ1n) is 23.9. The number of carbonyl (C=O) groups excluding carboxylic acids is 2. The molecule has 8 N–H and O–H groups in total. The van der Waals surface area contributed by atoms with E-state index in [1.165, 1.54) is 6.92 Å². The van der Waals surface area contributed by atoms with Gasteiger partial charge in [-0.05, 0) is 73.7 Å². The molecule has 0 bridgehead atoms. The van der Waals surface area contributed by atoms with Crippen LogP contribution in [0, 0.1) is 40.4 Å². The quantitative estimate of drug-likeness (QED) is 0.112. The van der Waals surface area contributed by atoms with Gasteiger partial charge in [-0.1, -0.05) is 39.0 Å². The summed E-state index contributed by atoms with van der Waals surface area (Å²) in [5.74, 6) is -2.69. The van der Waals surface area contributed by atoms with E-state index in [0.717, 1.165) is 45.1 Å². The first kappa shape index (κ1) is 49.7. The fourth-order valence-electron chi connectivity index (χ4n) is 14.1. The number of hydrogen-bond donors (Lipinski definition) is 8. The van der Waals surface area contributed by atoms with Crippen LogP contribution in [0.15, 0.2) is 23.8 Å². The van der Waals surface area contributed by atoms with Crippen molar-refractivity contribution in [2.45, 2.75) is 196 Å². The second kappa shape index (κ2) is 18.4. The molecule has 8 fully saturated rings. The number of esters is 2. The summed E-state index contributed by atoms with van der Waals surface area (Å²) in [6, 6.07) is 0. The Hall–Kier alpha value is -2.22. The molecule has 5 aliphatic heterocycles. The third-order valence-corrected chi connectivity index (χ3v) is 17.5. The lowest BCUT2D eigenvalue weighted by Crippen LogP contribution is -2.66. The molecule has 0 aromatic heterocycles. The van der Waals surface area contributed by atoms with Gasteiger partial charge in [-0.3, -0.25) is 9.59 Å². The normalized spacial score (nSPS) is 54.0. The Labute approximate surface area is 389 Å². The summed E-state index contributed by atoms with van der Waals surface area (Å²) in [4.78, 5) is 24.8. The Balaban J connectivity index is 1.02. The lowest BCUT2D eigenvalue weighted by molar-refractivity contribution is -0.382. The number of ether oxygens (including phenoxy) is 10. The number of hydrogen-bond acceptors (Lipinski definition) is 20. The highest BCUT2D eigenvalue weighted by Gasteiger charge is 2.72. The van der Waals surface area contributed by atoms with Crippen molar-refractivity contribution < 1.29 is 97.8 Å². The Kier molecular flexibility index (Phi) is 13.7. The molecule has 67 heavy (non-hydrogen) atoms. The summed E-state index contributed by atoms with van der Waals surface area (Å²) in [5.41, 5.74) is 0.595. The van der Waals surface area contributed by atoms with Crippen molar-refractivity contribution in [3.63, 3.8) is 0 Å². The summed E-state index contributed by atoms with van der Waals surface area (Å²) < 4.78 is 61.9. The molecule has 9 rings (SSSR count). The average Bonchev–Trinajstić information content (AvgIpc) is 3.73. The maximum atomic E-state index is 12.5. The van der Waals surface area contributed by atoms with E-state index in [9.17, 15) is 50.4 Å². The minimum atomic E-state index is -1.76. The molecule has 4 aliphatic carbocycles. The van der Waals surface area contributed by atoms with Gasteiger partial charge < -0.3 is 88.2 Å². The molecule has 5 saturated heterocycles. The van der Waals surface area contributed by atoms with Crippen LogP contribution < -0.4 is 0 Å². The van der Waals surface area contributed by atoms with Crippen LogP contribution in [0.25, 0.3) is 0 Å². The summed E-state index contributed by atoms with van der Waals surface area (Å²) in [7, 11) is 0. The molecule has 0 radical (unpaired) electrons. The maximum absolute atomic E-state index is 12.5. The van der Waals surface area contributed by atoms with Crippen LogP contribution in [0.1, 0.15) is 80.1 Å². The zero-order valence-corrected chi connectivity index (χ0v) is 38.9. The monoisotopic (exact) mass is 954 g/mol. The van der Waals surface area contributed by atoms with E-state index >= 15 is 0 Å². The van der Waals surface area contributed by atoms with Gasteiger partial charge in [-0.2, -0.15) is 0 Å². The number of aliphatic hydroxyl groups is 8. The highest BCUT2D eigenvalue weighted by Crippen LogP contribution is 2.71. The fraction of sp³-hybridized carbons (Fsp3) is 0.872. The van der Waals surface area contributed by atoms with Crippen LogP contribution in [0.4, 0.5) is 0 Å². The van der Waals surface area contributed by atoms with Crippen molar-refractivity contribution in [3.05, 3.63) is 23.8 Å². The standard InChI is InChI=1S/C47H70O20/c1-18-15-60-47(41(57)33(18)53)19(2)32-30(67-47)14-27-25-9-8-23-12-24(50)13-31(46(23,7)26(25)10-11-45(27,32)6)64-43-39(37(29(52)17-59-43)65-42-36(56)35(55)28(51)16-58-42)66-44-40(63-22(5)49)38(62-21(4)48)34(54)20(3)61-44/h8,19-20,24-44,50-57H,1,9-17H2,2-7H3/t19-,20-,24+,25+,26-,27-,28+,29-,30-,31+,32-,33-,34-,35-,36+,37-,38+,39+,40+,41-,42-,43-,44-,45-,46-,47-/m0/s1. The van der Waals surface area contributed by atoms with Crippen molar-refractivity contribution in [1.29, 1.82) is 0 Å². The van der Waals surface area contributed by atoms with Gasteiger partial charge in [0, 0.05) is 31.6 Å². The maximum Gasteiger partial charge on any atom is 0.303 e. The fourth-order valence-corrected chi connectivity index (χ4v) is 14.1. The Bertz CT molecular complexity index is 1900. The van der Waals surface area contributed by atoms with Crippen LogP contribution in [0.2, 0.25) is 0 Å². The lowest BCUT2D eigenvalue weighted by Gasteiger charge is -2.60. The molecule has 5 heterocycles. The van der Waals surface area contributed by atoms with Crippen molar-refractivity contribution in [3.8, 4) is 0 Å². The zero-order chi connectivity index (χ0) is 48.2. The van der Waals surface area contributed by atoms with Gasteiger partial charge in [0.1, 0.15) is 54.9 Å². The van der Waals surface area contributed by atoms with Gasteiger partial charge in [0.2, 0.25) is 5.79 Å². The summed E-state index contributed by atoms with van der Waals surface area (Å²) in [5, 5.41) is 88.1. The average molecular weight is 955 g/mol. The summed E-state index contributed by atoms with van der Waals surface area (Å²) in [6.07, 6.45) is -17.6. The first-order valence-corrected chi connectivity index (χ1v) is 23.9. The molecule has 0 amide bonds. The largest absolute Gasteiger partial charge is 0.455 e. The number of carbonyl (C=O) groups is 2. The summed E-state index contributed by atoms with van der Waals surface area (Å²) >= 11 is 0. The van der Waals surface area contributed by atoms with Crippen molar-refractivity contribution >= 4 is 11.9 Å². The molecule has 20 heteroatoms. The second-order valence-electron chi connectivity index (χ2n) is 21.2. The van der Waals surface area contributed by atoms with Gasteiger partial charge in [-0.15, -0.1) is 0 Å². The number of allylic oxidation sites excluding steroid dienone is 1. The van der Waals surface area contributed by atoms with E-state index in [1.54, 1.807) is 0 Å². The van der Waals surface area contributed by atoms with E-state index < -0.39 is 134 Å². The Morgan fingerprint density at radius 1 is 0.776 bits per heavy atom. The van der Waals surface area contributed by atoms with E-state index in [4.69, 9.17) is 47.4 Å². The Morgan fingerprint density at radius 3 is 2.16 bits per heavy atom. The molecule has 0 aromatic carbocycles. The predicted octanol–water partition coefficient (Wildman–Crippen LogP) is -0.534. The molecule has 1 spiro atoms. The van der Waals surface area contributed by atoms with Crippen molar-refractivity contribution in [2.75, 3.05) is 19.8 Å². The van der Waals surface area contributed by atoms with Gasteiger partial charge in [0.15, 0.2) is 31.1 Å². The molecular formula is C47H70O20. The van der Waals surface area contributed by atoms with Crippen LogP contribution in [-0.4, -0.2) is 189 Å². The Morgan fingerprint density at radius 2 is 1.45 bits per heavy atom. The third-order valence-electron chi connectivity index (χ3n) is 17.5. The molecule has 378 valence electrons. The minimum Gasteiger partial charge on any atom is -0.455 e. The molecule has 20 nitrogen and oxygen atoms in total. The molecule has 9 aliphatic rings. The summed E-state index contributed by atoms with van der Waals surface area (Å²) in [6.45, 7) is 13.5. The van der Waals surface area contributed by atoms with E-state index in [-0.39, 0.29) is 60.7 Å². The van der Waals surface area contributed by atoms with Crippen molar-refractivity contribution in [1.82, 2.24) is 0 Å². The van der Waals surface area contributed by atoms with Crippen LogP contribution in [0.5, 0.6) is 0 Å². The predicted molar refractivity (Wildman–Crippen MR) is 225 cm³/mol. The van der Waals surface area contributed by atoms with E-state index in [2.05, 4.69) is 33.4 Å². The SMILES string of the molecule is C=C1CO[C@@]2(O[C@H]3C[C@H]4[C@@H]5CC=C6C[C@@H](O)C[C@@H](O[C@@H]7OC[C@H](O)[C@H](O[C@@H]8OC[C@@H](O)[C@H](O)[C@H]8O)[C@H]7O[C@@H]7O[C@@H](C)[C@H](O)[C@@H](OC(C)=O)[C@H]7OC(C)=O)[C@]6(C)[C@H]5CC[C@]4(C)[C@H]3[C@@H]2C)[C@@H](O)[C@H]1O. The highest BCUT2D eigenvalue weighted by molar-refractivity contribution is 5.67. The molecule has 3 saturated carbocycles. The smallest absolute Gasteiger partial charge is 0.303 e. The zero-order valence-electron chi connectivity index (χ0n) is 38.9. The van der Waals surface area contributed by atoms with Gasteiger partial charge in [-0.25, -0.2) is 0 Å². The van der Waals surface area contributed by atoms with Crippen LogP contribution in [0.3, 0.4) is 0 Å². The van der Waals surface area contributed by atoms with Crippen LogP contribution >= 0.6 is 0 Å². The van der Waals surface area contributed by atoms with Gasteiger partial charge in [0.25, 0.3) is 0 Å². The van der Waals surface area contributed by atoms with E-state index in [0.29, 0.717) is 12.0 Å². The second-order valence-corrected chi connectivity index (χ2v) is 21.2. The topological polar surface area (TPSA) is 288 Å². The number of aliphatic hydroxyl groups excluding tert-OH is 8. The first-order chi connectivity index (χ1) is 31.6. The lowest BCUT2D eigenvalue weighted by atomic mass is 9.46. The molecule has 26 atom stereocenters. The van der Waals surface area contributed by atoms with Crippen molar-refractivity contribution in [2.24, 2.45) is 40.4 Å². The number of rotatable bonds is 8. The van der Waals surface area contributed by atoms with E-state index in [1.807, 2.05) is 0 Å². The molecule has 0 unspecified atom stereocenters. The van der Waals surface area contributed by atoms with Crippen LogP contribution in [-0.2, 0) is 57.0 Å². The molecular weight excluding hydrogens is 884 g/mol. The molecule has 0 aromatic rings. The van der Waals surface area contributed by atoms with Gasteiger partial charge in [0.05, 0.1) is 44.2 Å². The number of fused-ring (bicyclic) bond motifs is 7.